The number of halogens is 3. The van der Waals surface area contributed by atoms with Crippen LogP contribution < -0.4 is 15.4 Å². The number of nitrogens with one attached hydrogen (secondary N) is 2. The van der Waals surface area contributed by atoms with Gasteiger partial charge in [0.2, 0.25) is 11.8 Å². The standard InChI is InChI=1S/C28H34F3N3O5/c1-18(35)21-5-8-24(23(15-21)28(29,30)31)39-22-6-3-19(4-7-22)16-32-26(37)27(11-14-38-17-27)33-25(36)20-9-12-34(2)13-10-20/h3-8,15,18,20,35H,9-14,16-17H2,1-2H3,(H,32,37)(H,33,36). The molecule has 11 heteroatoms. The second-order valence-corrected chi connectivity index (χ2v) is 10.3. The van der Waals surface area contributed by atoms with Crippen LogP contribution in [0.2, 0.25) is 0 Å². The van der Waals surface area contributed by atoms with Crippen LogP contribution in [0.4, 0.5) is 13.2 Å². The van der Waals surface area contributed by atoms with Gasteiger partial charge in [0, 0.05) is 25.5 Å². The number of likely N-dealkylation sites (tertiary alicyclic amines) is 1. The Morgan fingerprint density at radius 1 is 1.18 bits per heavy atom. The minimum Gasteiger partial charge on any atom is -0.457 e. The van der Waals surface area contributed by atoms with Crippen molar-refractivity contribution in [1.29, 1.82) is 0 Å². The second kappa shape index (κ2) is 11.9. The highest BCUT2D eigenvalue weighted by molar-refractivity contribution is 5.92. The maximum absolute atomic E-state index is 13.6. The Morgan fingerprint density at radius 2 is 1.87 bits per heavy atom. The van der Waals surface area contributed by atoms with Gasteiger partial charge in [-0.1, -0.05) is 18.2 Å². The molecule has 2 aromatic carbocycles. The molecule has 2 aliphatic rings. The lowest BCUT2D eigenvalue weighted by Crippen LogP contribution is -2.60. The second-order valence-electron chi connectivity index (χ2n) is 10.3. The van der Waals surface area contributed by atoms with Crippen molar-refractivity contribution in [2.45, 2.75) is 50.6 Å². The number of alkyl halides is 3. The molecule has 2 heterocycles. The minimum atomic E-state index is -4.66. The summed E-state index contributed by atoms with van der Waals surface area (Å²) in [4.78, 5) is 28.2. The Kier molecular flexibility index (Phi) is 8.83. The van der Waals surface area contributed by atoms with Crippen molar-refractivity contribution in [3.05, 3.63) is 59.2 Å². The lowest BCUT2D eigenvalue weighted by Gasteiger charge is -2.32. The number of aliphatic hydroxyl groups excluding tert-OH is 1. The van der Waals surface area contributed by atoms with Crippen molar-refractivity contribution < 1.29 is 37.3 Å². The Morgan fingerprint density at radius 3 is 2.46 bits per heavy atom. The third kappa shape index (κ3) is 7.09. The third-order valence-corrected chi connectivity index (χ3v) is 7.30. The SMILES string of the molecule is CC(O)c1ccc(Oc2ccc(CNC(=O)C3(NC(=O)C4CCN(C)CC4)CCOC3)cc2)c(C(F)(F)F)c1. The molecule has 3 N–H and O–H groups in total. The van der Waals surface area contributed by atoms with E-state index in [9.17, 15) is 27.9 Å². The molecule has 2 aromatic rings. The molecule has 39 heavy (non-hydrogen) atoms. The van der Waals surface area contributed by atoms with Crippen molar-refractivity contribution in [2.75, 3.05) is 33.4 Å². The summed E-state index contributed by atoms with van der Waals surface area (Å²) >= 11 is 0. The van der Waals surface area contributed by atoms with E-state index in [0.29, 0.717) is 18.6 Å². The van der Waals surface area contributed by atoms with Crippen molar-refractivity contribution in [2.24, 2.45) is 5.92 Å². The van der Waals surface area contributed by atoms with Crippen LogP contribution in [0.15, 0.2) is 42.5 Å². The first kappa shape index (κ1) is 28.8. The maximum Gasteiger partial charge on any atom is 0.419 e. The summed E-state index contributed by atoms with van der Waals surface area (Å²) in [5.74, 6) is -0.803. The quantitative estimate of drug-likeness (QED) is 0.464. The molecule has 8 nitrogen and oxygen atoms in total. The Hall–Kier alpha value is -3.15. The number of piperidine rings is 1. The highest BCUT2D eigenvalue weighted by Crippen LogP contribution is 2.39. The van der Waals surface area contributed by atoms with E-state index in [1.54, 1.807) is 12.1 Å². The maximum atomic E-state index is 13.6. The molecule has 0 spiro atoms. The van der Waals surface area contributed by atoms with Crippen LogP contribution in [0.3, 0.4) is 0 Å². The number of hydrogen-bond donors (Lipinski definition) is 3. The van der Waals surface area contributed by atoms with Gasteiger partial charge >= 0.3 is 6.18 Å². The monoisotopic (exact) mass is 549 g/mol. The van der Waals surface area contributed by atoms with E-state index in [0.717, 1.165) is 32.0 Å². The van der Waals surface area contributed by atoms with Gasteiger partial charge in [-0.25, -0.2) is 0 Å². The molecule has 2 unspecified atom stereocenters. The van der Waals surface area contributed by atoms with E-state index in [-0.39, 0.29) is 47.9 Å². The van der Waals surface area contributed by atoms with Crippen LogP contribution >= 0.6 is 0 Å². The summed E-state index contributed by atoms with van der Waals surface area (Å²) in [6.45, 7) is 3.67. The summed E-state index contributed by atoms with van der Waals surface area (Å²) in [7, 11) is 2.02. The van der Waals surface area contributed by atoms with Crippen LogP contribution in [0.5, 0.6) is 11.5 Å². The molecule has 0 saturated carbocycles. The Bertz CT molecular complexity index is 1160. The fourth-order valence-electron chi connectivity index (χ4n) is 4.78. The van der Waals surface area contributed by atoms with Gasteiger partial charge in [-0.15, -0.1) is 0 Å². The molecule has 212 valence electrons. The van der Waals surface area contributed by atoms with Gasteiger partial charge in [-0.2, -0.15) is 13.2 Å². The van der Waals surface area contributed by atoms with E-state index < -0.39 is 23.4 Å². The molecule has 0 aromatic heterocycles. The van der Waals surface area contributed by atoms with E-state index in [1.165, 1.54) is 31.2 Å². The molecule has 0 bridgehead atoms. The zero-order valence-electron chi connectivity index (χ0n) is 22.0. The van der Waals surface area contributed by atoms with E-state index >= 15 is 0 Å². The number of amides is 2. The predicted octanol–water partition coefficient (Wildman–Crippen LogP) is 3.78. The number of nitrogens with zero attached hydrogens (tertiary/aromatic N) is 1. The zero-order chi connectivity index (χ0) is 28.2. The van der Waals surface area contributed by atoms with Crippen molar-refractivity contribution in [1.82, 2.24) is 15.5 Å². The third-order valence-electron chi connectivity index (χ3n) is 7.30. The summed E-state index contributed by atoms with van der Waals surface area (Å²) in [6, 6.07) is 9.75. The van der Waals surface area contributed by atoms with Gasteiger partial charge in [0.05, 0.1) is 18.3 Å². The van der Waals surface area contributed by atoms with Crippen LogP contribution in [-0.2, 0) is 27.0 Å². The average Bonchev–Trinajstić information content (AvgIpc) is 3.37. The number of carbonyl (C=O) groups is 2. The zero-order valence-corrected chi connectivity index (χ0v) is 22.0. The van der Waals surface area contributed by atoms with E-state index in [1.807, 2.05) is 7.05 Å². The molecular formula is C28H34F3N3O5. The first-order valence-electron chi connectivity index (χ1n) is 13.0. The van der Waals surface area contributed by atoms with Crippen molar-refractivity contribution in [3.8, 4) is 11.5 Å². The lowest BCUT2D eigenvalue weighted by molar-refractivity contribution is -0.138. The highest BCUT2D eigenvalue weighted by atomic mass is 19.4. The van der Waals surface area contributed by atoms with Crippen LogP contribution in [0.1, 0.15) is 49.0 Å². The predicted molar refractivity (Wildman–Crippen MR) is 137 cm³/mol. The molecule has 2 saturated heterocycles. The molecule has 0 aliphatic carbocycles. The molecular weight excluding hydrogens is 515 g/mol. The van der Waals surface area contributed by atoms with Crippen LogP contribution in [-0.4, -0.2) is 60.7 Å². The van der Waals surface area contributed by atoms with Gasteiger partial charge < -0.3 is 30.1 Å². The van der Waals surface area contributed by atoms with Gasteiger partial charge in [0.15, 0.2) is 0 Å². The van der Waals surface area contributed by atoms with Gasteiger partial charge in [-0.05, 0) is 75.3 Å². The number of benzene rings is 2. The fourth-order valence-corrected chi connectivity index (χ4v) is 4.78. The number of ether oxygens (including phenoxy) is 2. The normalized spacial score (nSPS) is 21.4. The van der Waals surface area contributed by atoms with Crippen molar-refractivity contribution in [3.63, 3.8) is 0 Å². The van der Waals surface area contributed by atoms with Gasteiger partial charge in [0.1, 0.15) is 17.0 Å². The van der Waals surface area contributed by atoms with Crippen molar-refractivity contribution >= 4 is 11.8 Å². The number of rotatable bonds is 8. The smallest absolute Gasteiger partial charge is 0.419 e. The topological polar surface area (TPSA) is 100 Å². The first-order valence-corrected chi connectivity index (χ1v) is 13.0. The number of aliphatic hydroxyl groups is 1. The number of hydrogen-bond acceptors (Lipinski definition) is 6. The molecule has 2 fully saturated rings. The van der Waals surface area contributed by atoms with Crippen LogP contribution in [0, 0.1) is 5.92 Å². The number of carbonyl (C=O) groups excluding carboxylic acids is 2. The minimum absolute atomic E-state index is 0.0966. The average molecular weight is 550 g/mol. The van der Waals surface area contributed by atoms with Crippen LogP contribution in [0.25, 0.3) is 0 Å². The summed E-state index contributed by atoms with van der Waals surface area (Å²) in [5.41, 5.74) is -1.28. The summed E-state index contributed by atoms with van der Waals surface area (Å²) in [5, 5.41) is 15.5. The molecule has 4 rings (SSSR count). The lowest BCUT2D eigenvalue weighted by atomic mass is 9.92. The van der Waals surface area contributed by atoms with Gasteiger partial charge in [-0.3, -0.25) is 9.59 Å². The summed E-state index contributed by atoms with van der Waals surface area (Å²) in [6.07, 6.45) is -3.85. The van der Waals surface area contributed by atoms with E-state index in [4.69, 9.17) is 9.47 Å². The summed E-state index contributed by atoms with van der Waals surface area (Å²) < 4.78 is 51.6. The molecule has 2 amide bonds. The molecule has 2 atom stereocenters. The fraction of sp³-hybridized carbons (Fsp3) is 0.500. The first-order chi connectivity index (χ1) is 18.5. The molecule has 0 radical (unpaired) electrons. The molecule has 2 aliphatic heterocycles. The largest absolute Gasteiger partial charge is 0.457 e. The Balaban J connectivity index is 1.37. The Labute approximate surface area is 225 Å². The van der Waals surface area contributed by atoms with E-state index in [2.05, 4.69) is 15.5 Å². The van der Waals surface area contributed by atoms with Gasteiger partial charge in [0.25, 0.3) is 0 Å². The highest BCUT2D eigenvalue weighted by Gasteiger charge is 2.44.